The van der Waals surface area contributed by atoms with Crippen LogP contribution in [0.4, 0.5) is 0 Å². The average molecular weight is 417 g/mol. The number of benzene rings is 2. The van der Waals surface area contributed by atoms with Gasteiger partial charge in [-0.05, 0) is 23.8 Å². The van der Waals surface area contributed by atoms with Gasteiger partial charge < -0.3 is 10.3 Å². The molecule has 8 heteroatoms. The maximum atomic E-state index is 12.8. The van der Waals surface area contributed by atoms with Gasteiger partial charge in [-0.2, -0.15) is 5.10 Å². The van der Waals surface area contributed by atoms with Crippen LogP contribution in [0.5, 0.6) is 0 Å². The summed E-state index contributed by atoms with van der Waals surface area (Å²) in [5.74, 6) is -0.214. The Bertz CT molecular complexity index is 1390. The second-order valence-electron chi connectivity index (χ2n) is 6.96. The van der Waals surface area contributed by atoms with Crippen molar-refractivity contribution in [2.75, 3.05) is 0 Å². The highest BCUT2D eigenvalue weighted by Gasteiger charge is 2.18. The third kappa shape index (κ3) is 3.19. The summed E-state index contributed by atoms with van der Waals surface area (Å²) >= 11 is 6.12. The van der Waals surface area contributed by atoms with Crippen molar-refractivity contribution in [3.05, 3.63) is 77.1 Å². The number of aromatic nitrogens is 5. The number of carbonyl (C=O) groups is 1. The van der Waals surface area contributed by atoms with Gasteiger partial charge in [0.2, 0.25) is 0 Å². The molecule has 5 rings (SSSR count). The molecule has 0 saturated heterocycles. The van der Waals surface area contributed by atoms with Crippen LogP contribution < -0.4 is 5.32 Å². The molecule has 0 fully saturated rings. The van der Waals surface area contributed by atoms with Crippen LogP contribution in [0, 0.1) is 0 Å². The number of hydrogen-bond acceptors (Lipinski definition) is 4. The molecule has 2 N–H and O–H groups in total. The summed E-state index contributed by atoms with van der Waals surface area (Å²) in [6.45, 7) is 0.436. The first kappa shape index (κ1) is 18.3. The molecular weight excluding hydrogens is 400 g/mol. The van der Waals surface area contributed by atoms with Crippen molar-refractivity contribution in [3.63, 3.8) is 0 Å². The van der Waals surface area contributed by atoms with Gasteiger partial charge in [0.05, 0.1) is 17.3 Å². The largest absolute Gasteiger partial charge is 0.348 e. The zero-order valence-corrected chi connectivity index (χ0v) is 16.8. The van der Waals surface area contributed by atoms with Gasteiger partial charge in [-0.25, -0.2) is 9.97 Å². The van der Waals surface area contributed by atoms with Crippen LogP contribution in [0.2, 0.25) is 5.02 Å². The minimum Gasteiger partial charge on any atom is -0.348 e. The van der Waals surface area contributed by atoms with E-state index in [1.54, 1.807) is 17.1 Å². The van der Waals surface area contributed by atoms with Crippen LogP contribution in [-0.2, 0) is 13.6 Å². The van der Waals surface area contributed by atoms with Gasteiger partial charge >= 0.3 is 0 Å². The number of aryl methyl sites for hydroxylation is 1. The minimum atomic E-state index is -0.214. The Morgan fingerprint density at radius 1 is 1.20 bits per heavy atom. The fraction of sp³-hybridized carbons (Fsp3) is 0.0909. The van der Waals surface area contributed by atoms with Crippen LogP contribution in [0.25, 0.3) is 33.5 Å². The quantitative estimate of drug-likeness (QED) is 0.461. The number of halogens is 1. The fourth-order valence-electron chi connectivity index (χ4n) is 3.47. The molecule has 148 valence electrons. The van der Waals surface area contributed by atoms with Gasteiger partial charge in [-0.3, -0.25) is 9.48 Å². The Balaban J connectivity index is 1.51. The predicted octanol–water partition coefficient (Wildman–Crippen LogP) is 4.10. The molecule has 5 aromatic rings. The van der Waals surface area contributed by atoms with Crippen molar-refractivity contribution < 1.29 is 4.79 Å². The Hall–Kier alpha value is -3.71. The minimum absolute atomic E-state index is 0.214. The summed E-state index contributed by atoms with van der Waals surface area (Å²) in [7, 11) is 1.85. The molecule has 0 atom stereocenters. The number of fused-ring (bicyclic) bond motifs is 2. The maximum absolute atomic E-state index is 12.8. The van der Waals surface area contributed by atoms with Crippen molar-refractivity contribution in [2.24, 2.45) is 7.05 Å². The predicted molar refractivity (Wildman–Crippen MR) is 116 cm³/mol. The molecule has 3 heterocycles. The van der Waals surface area contributed by atoms with Crippen molar-refractivity contribution in [2.45, 2.75) is 6.54 Å². The standard InChI is InChI=1S/C22H17ClN6O/c1-29-18-9-14(23)7-8-15(18)19(28-29)17-12-25-21-20(27-17)16(11-24-21)22(30)26-10-13-5-3-2-4-6-13/h2-9,11-12H,10H2,1H3,(H,24,25)(H,26,30). The number of H-pyrrole nitrogens is 1. The van der Waals surface area contributed by atoms with E-state index >= 15 is 0 Å². The van der Waals surface area contributed by atoms with E-state index < -0.39 is 0 Å². The lowest BCUT2D eigenvalue weighted by molar-refractivity contribution is 0.0952. The second kappa shape index (κ2) is 7.27. The lowest BCUT2D eigenvalue weighted by Crippen LogP contribution is -2.22. The van der Waals surface area contributed by atoms with Gasteiger partial charge in [-0.15, -0.1) is 0 Å². The second-order valence-corrected chi connectivity index (χ2v) is 7.39. The van der Waals surface area contributed by atoms with Crippen LogP contribution in [-0.4, -0.2) is 30.6 Å². The third-order valence-corrected chi connectivity index (χ3v) is 5.21. The molecule has 0 spiro atoms. The molecule has 7 nitrogen and oxygen atoms in total. The average Bonchev–Trinajstić information content (AvgIpc) is 3.33. The van der Waals surface area contributed by atoms with Crippen molar-refractivity contribution in [3.8, 4) is 11.4 Å². The highest BCUT2D eigenvalue weighted by Crippen LogP contribution is 2.29. The summed E-state index contributed by atoms with van der Waals surface area (Å²) in [4.78, 5) is 24.9. The first-order valence-corrected chi connectivity index (χ1v) is 9.77. The number of nitrogens with zero attached hydrogens (tertiary/aromatic N) is 4. The normalized spacial score (nSPS) is 11.3. The highest BCUT2D eigenvalue weighted by atomic mass is 35.5. The number of aromatic amines is 1. The number of nitrogens with one attached hydrogen (secondary N) is 2. The van der Waals surface area contributed by atoms with E-state index in [9.17, 15) is 4.79 Å². The fourth-order valence-corrected chi connectivity index (χ4v) is 3.64. The van der Waals surface area contributed by atoms with Crippen molar-refractivity contribution in [1.82, 2.24) is 30.0 Å². The SMILES string of the molecule is Cn1nc(-c2cnc3[nH]cc(C(=O)NCc4ccccc4)c3n2)c2ccc(Cl)cc21. The molecule has 2 aromatic carbocycles. The molecular formula is C22H17ClN6O. The molecule has 0 aliphatic carbocycles. The lowest BCUT2D eigenvalue weighted by atomic mass is 10.1. The molecule has 3 aromatic heterocycles. The third-order valence-electron chi connectivity index (χ3n) is 4.98. The molecule has 0 unspecified atom stereocenters. The molecule has 0 saturated carbocycles. The van der Waals surface area contributed by atoms with E-state index in [1.807, 2.05) is 55.6 Å². The van der Waals surface area contributed by atoms with Gasteiger partial charge in [-0.1, -0.05) is 41.9 Å². The Labute approximate surface area is 176 Å². The molecule has 30 heavy (non-hydrogen) atoms. The van der Waals surface area contributed by atoms with Gasteiger partial charge in [0, 0.05) is 30.2 Å². The van der Waals surface area contributed by atoms with Crippen LogP contribution in [0.15, 0.2) is 60.9 Å². The van der Waals surface area contributed by atoms with E-state index in [1.165, 1.54) is 0 Å². The summed E-state index contributed by atoms with van der Waals surface area (Å²) in [5.41, 5.74) is 4.70. The topological polar surface area (TPSA) is 88.5 Å². The van der Waals surface area contributed by atoms with Crippen LogP contribution in [0.1, 0.15) is 15.9 Å². The zero-order valence-electron chi connectivity index (χ0n) is 16.1. The monoisotopic (exact) mass is 416 g/mol. The smallest absolute Gasteiger partial charge is 0.255 e. The summed E-state index contributed by atoms with van der Waals surface area (Å²) in [6, 6.07) is 15.3. The lowest BCUT2D eigenvalue weighted by Gasteiger charge is -2.04. The van der Waals surface area contributed by atoms with Crippen molar-refractivity contribution >= 4 is 39.6 Å². The summed E-state index contributed by atoms with van der Waals surface area (Å²) in [6.07, 6.45) is 3.28. The van der Waals surface area contributed by atoms with E-state index in [-0.39, 0.29) is 5.91 Å². The van der Waals surface area contributed by atoms with Gasteiger partial charge in [0.1, 0.15) is 16.9 Å². The Morgan fingerprint density at radius 3 is 2.87 bits per heavy atom. The Morgan fingerprint density at radius 2 is 2.03 bits per heavy atom. The first-order chi connectivity index (χ1) is 14.6. The van der Waals surface area contributed by atoms with E-state index in [2.05, 4.69) is 20.4 Å². The summed E-state index contributed by atoms with van der Waals surface area (Å²) < 4.78 is 1.76. The first-order valence-electron chi connectivity index (χ1n) is 9.39. The molecule has 1 amide bonds. The highest BCUT2D eigenvalue weighted by molar-refractivity contribution is 6.31. The van der Waals surface area contributed by atoms with Crippen molar-refractivity contribution in [1.29, 1.82) is 0 Å². The maximum Gasteiger partial charge on any atom is 0.255 e. The van der Waals surface area contributed by atoms with E-state index in [0.717, 1.165) is 16.5 Å². The van der Waals surface area contributed by atoms with E-state index in [0.29, 0.717) is 39.7 Å². The number of rotatable bonds is 4. The summed E-state index contributed by atoms with van der Waals surface area (Å²) in [5, 5.41) is 9.08. The molecule has 0 aliphatic heterocycles. The van der Waals surface area contributed by atoms with Crippen LogP contribution >= 0.6 is 11.6 Å². The molecule has 0 aliphatic rings. The van der Waals surface area contributed by atoms with Crippen LogP contribution in [0.3, 0.4) is 0 Å². The van der Waals surface area contributed by atoms with Gasteiger partial charge in [0.15, 0.2) is 5.65 Å². The molecule has 0 bridgehead atoms. The number of hydrogen-bond donors (Lipinski definition) is 2. The number of amides is 1. The Kier molecular flexibility index (Phi) is 4.44. The number of carbonyl (C=O) groups excluding carboxylic acids is 1. The van der Waals surface area contributed by atoms with E-state index in [4.69, 9.17) is 16.6 Å². The molecule has 0 radical (unpaired) electrons. The van der Waals surface area contributed by atoms with Gasteiger partial charge in [0.25, 0.3) is 5.91 Å². The zero-order chi connectivity index (χ0) is 20.7.